The van der Waals surface area contributed by atoms with Gasteiger partial charge in [-0.3, -0.25) is 14.8 Å². The minimum atomic E-state index is -0.902. The lowest BCUT2D eigenvalue weighted by Crippen LogP contribution is -2.13. The van der Waals surface area contributed by atoms with Crippen LogP contribution in [0.5, 0.6) is 0 Å². The van der Waals surface area contributed by atoms with Gasteiger partial charge < -0.3 is 5.11 Å². The normalized spacial score (nSPS) is 10.3. The van der Waals surface area contributed by atoms with Crippen molar-refractivity contribution in [1.29, 1.82) is 0 Å². The Bertz CT molecular complexity index is 431. The maximum atomic E-state index is 11.2. The summed E-state index contributed by atoms with van der Waals surface area (Å²) in [6.07, 6.45) is 6.36. The largest absolute Gasteiger partial charge is 0.481 e. The Morgan fingerprint density at radius 1 is 1.06 bits per heavy atom. The minimum absolute atomic E-state index is 0.656. The maximum Gasteiger partial charge on any atom is 0.315 e. The molecule has 0 aliphatic heterocycles. The summed E-state index contributed by atoms with van der Waals surface area (Å²) in [5.74, 6) is -1.61. The molecule has 0 atom stereocenters. The van der Waals surface area contributed by atoms with E-state index in [9.17, 15) is 9.90 Å². The smallest absolute Gasteiger partial charge is 0.315 e. The van der Waals surface area contributed by atoms with Gasteiger partial charge in [0, 0.05) is 24.8 Å². The molecule has 0 spiro atoms. The van der Waals surface area contributed by atoms with Gasteiger partial charge in [0.1, 0.15) is 5.92 Å². The number of nitrogens with zero attached hydrogens (tertiary/aromatic N) is 2. The van der Waals surface area contributed by atoms with Crippen LogP contribution in [-0.2, 0) is 4.79 Å². The van der Waals surface area contributed by atoms with Crippen LogP contribution in [0.4, 0.5) is 0 Å². The lowest BCUT2D eigenvalue weighted by molar-refractivity contribution is -0.137. The number of carbonyl (C=O) groups is 1. The average molecular weight is 214 g/mol. The Hall–Kier alpha value is -2.23. The Balaban J connectivity index is 2.44. The molecule has 2 aromatic heterocycles. The Labute approximate surface area is 92.6 Å². The van der Waals surface area contributed by atoms with Crippen LogP contribution >= 0.6 is 0 Å². The molecule has 0 radical (unpaired) electrons. The van der Waals surface area contributed by atoms with Gasteiger partial charge in [0.25, 0.3) is 0 Å². The van der Waals surface area contributed by atoms with Crippen molar-refractivity contribution in [1.82, 2.24) is 9.97 Å². The van der Waals surface area contributed by atoms with Gasteiger partial charge in [-0.1, -0.05) is 12.1 Å². The number of carboxylic acid groups (broad SMARTS) is 1. The first-order valence-corrected chi connectivity index (χ1v) is 4.81. The van der Waals surface area contributed by atoms with Crippen LogP contribution < -0.4 is 0 Å². The molecule has 2 heterocycles. The summed E-state index contributed by atoms with van der Waals surface area (Å²) >= 11 is 0. The predicted octanol–water partition coefficient (Wildman–Crippen LogP) is 1.69. The number of rotatable bonds is 3. The maximum absolute atomic E-state index is 11.2. The highest BCUT2D eigenvalue weighted by Crippen LogP contribution is 2.23. The predicted molar refractivity (Wildman–Crippen MR) is 58.0 cm³/mol. The molecule has 1 N–H and O–H groups in total. The summed E-state index contributed by atoms with van der Waals surface area (Å²) in [6.45, 7) is 0. The van der Waals surface area contributed by atoms with Crippen molar-refractivity contribution in [2.75, 3.05) is 0 Å². The lowest BCUT2D eigenvalue weighted by atomic mass is 9.94. The minimum Gasteiger partial charge on any atom is -0.481 e. The third kappa shape index (κ3) is 2.06. The van der Waals surface area contributed by atoms with Crippen LogP contribution in [0.1, 0.15) is 17.0 Å². The van der Waals surface area contributed by atoms with E-state index in [1.165, 1.54) is 0 Å². The van der Waals surface area contributed by atoms with Gasteiger partial charge in [0.15, 0.2) is 0 Å². The van der Waals surface area contributed by atoms with Gasteiger partial charge in [-0.2, -0.15) is 0 Å². The second-order valence-electron chi connectivity index (χ2n) is 3.34. The monoisotopic (exact) mass is 214 g/mol. The molecule has 80 valence electrons. The van der Waals surface area contributed by atoms with E-state index in [0.717, 1.165) is 0 Å². The first-order chi connectivity index (χ1) is 7.79. The lowest BCUT2D eigenvalue weighted by Gasteiger charge is -2.11. The van der Waals surface area contributed by atoms with E-state index in [-0.39, 0.29) is 0 Å². The molecule has 0 aliphatic rings. The summed E-state index contributed by atoms with van der Waals surface area (Å²) in [4.78, 5) is 19.1. The van der Waals surface area contributed by atoms with Crippen LogP contribution in [0.2, 0.25) is 0 Å². The molecule has 0 aliphatic carbocycles. The molecule has 2 rings (SSSR count). The van der Waals surface area contributed by atoms with E-state index in [4.69, 9.17) is 0 Å². The molecule has 0 aromatic carbocycles. The number of pyridine rings is 2. The highest BCUT2D eigenvalue weighted by Gasteiger charge is 2.21. The number of hydrogen-bond donors (Lipinski definition) is 1. The van der Waals surface area contributed by atoms with Crippen molar-refractivity contribution in [2.24, 2.45) is 0 Å². The zero-order valence-corrected chi connectivity index (χ0v) is 8.45. The van der Waals surface area contributed by atoms with E-state index < -0.39 is 11.9 Å². The van der Waals surface area contributed by atoms with E-state index >= 15 is 0 Å². The van der Waals surface area contributed by atoms with Gasteiger partial charge in [-0.05, 0) is 23.3 Å². The highest BCUT2D eigenvalue weighted by molar-refractivity contribution is 5.80. The molecule has 0 fully saturated rings. The molecule has 2 aromatic rings. The van der Waals surface area contributed by atoms with Crippen molar-refractivity contribution in [3.8, 4) is 0 Å². The summed E-state index contributed by atoms with van der Waals surface area (Å²) in [5.41, 5.74) is 1.31. The average Bonchev–Trinajstić information content (AvgIpc) is 2.31. The van der Waals surface area contributed by atoms with E-state index in [2.05, 4.69) is 9.97 Å². The van der Waals surface area contributed by atoms with Crippen molar-refractivity contribution >= 4 is 5.97 Å². The van der Waals surface area contributed by atoms with Gasteiger partial charge >= 0.3 is 5.97 Å². The zero-order valence-electron chi connectivity index (χ0n) is 8.45. The standard InChI is InChI=1S/C12H10N2O2/c15-12(16)11(9-3-1-5-13-7-9)10-4-2-6-14-8-10/h1-8,11H,(H,15,16). The van der Waals surface area contributed by atoms with Gasteiger partial charge in [-0.15, -0.1) is 0 Å². The second-order valence-corrected chi connectivity index (χ2v) is 3.34. The fourth-order valence-electron chi connectivity index (χ4n) is 1.57. The SMILES string of the molecule is O=C(O)C(c1cccnc1)c1cccnc1. The van der Waals surface area contributed by atoms with Gasteiger partial charge in [-0.25, -0.2) is 0 Å². The summed E-state index contributed by atoms with van der Waals surface area (Å²) in [5, 5.41) is 9.22. The molecule has 0 saturated carbocycles. The Morgan fingerprint density at radius 3 is 1.88 bits per heavy atom. The first-order valence-electron chi connectivity index (χ1n) is 4.81. The fourth-order valence-corrected chi connectivity index (χ4v) is 1.57. The quantitative estimate of drug-likeness (QED) is 0.844. The molecule has 4 heteroatoms. The third-order valence-corrected chi connectivity index (χ3v) is 2.28. The molecule has 4 nitrogen and oxygen atoms in total. The first kappa shape index (κ1) is 10.3. The van der Waals surface area contributed by atoms with Gasteiger partial charge in [0.05, 0.1) is 0 Å². The van der Waals surface area contributed by atoms with Crippen molar-refractivity contribution < 1.29 is 9.90 Å². The molecule has 0 saturated heterocycles. The topological polar surface area (TPSA) is 63.1 Å². The number of aliphatic carboxylic acids is 1. The van der Waals surface area contributed by atoms with Crippen LogP contribution in [0.15, 0.2) is 49.1 Å². The van der Waals surface area contributed by atoms with Crippen LogP contribution in [-0.4, -0.2) is 21.0 Å². The van der Waals surface area contributed by atoms with Crippen LogP contribution in [0.3, 0.4) is 0 Å². The van der Waals surface area contributed by atoms with Crippen molar-refractivity contribution in [3.63, 3.8) is 0 Å². The Kier molecular flexibility index (Phi) is 2.91. The van der Waals surface area contributed by atoms with E-state index in [1.807, 2.05) is 0 Å². The highest BCUT2D eigenvalue weighted by atomic mass is 16.4. The summed E-state index contributed by atoms with van der Waals surface area (Å²) < 4.78 is 0. The third-order valence-electron chi connectivity index (χ3n) is 2.28. The zero-order chi connectivity index (χ0) is 11.4. The van der Waals surface area contributed by atoms with Crippen LogP contribution in [0.25, 0.3) is 0 Å². The van der Waals surface area contributed by atoms with Gasteiger partial charge in [0.2, 0.25) is 0 Å². The number of hydrogen-bond acceptors (Lipinski definition) is 3. The fraction of sp³-hybridized carbons (Fsp3) is 0.0833. The van der Waals surface area contributed by atoms with Crippen molar-refractivity contribution in [3.05, 3.63) is 60.2 Å². The number of aromatic nitrogens is 2. The van der Waals surface area contributed by atoms with Crippen molar-refractivity contribution in [2.45, 2.75) is 5.92 Å². The van der Waals surface area contributed by atoms with Crippen LogP contribution in [0, 0.1) is 0 Å². The molecule has 0 unspecified atom stereocenters. The Morgan fingerprint density at radius 2 is 1.56 bits per heavy atom. The molecular formula is C12H10N2O2. The summed E-state index contributed by atoms with van der Waals surface area (Å²) in [7, 11) is 0. The number of carboxylic acids is 1. The summed E-state index contributed by atoms with van der Waals surface area (Å²) in [6, 6.07) is 6.95. The molecular weight excluding hydrogens is 204 g/mol. The molecule has 0 amide bonds. The second kappa shape index (κ2) is 4.53. The van der Waals surface area contributed by atoms with E-state index in [1.54, 1.807) is 49.1 Å². The molecule has 0 bridgehead atoms. The van der Waals surface area contributed by atoms with E-state index in [0.29, 0.717) is 11.1 Å². The molecule has 16 heavy (non-hydrogen) atoms.